The van der Waals surface area contributed by atoms with Crippen molar-refractivity contribution in [2.24, 2.45) is 0 Å². The monoisotopic (exact) mass is 338 g/mol. The van der Waals surface area contributed by atoms with Gasteiger partial charge in [0, 0.05) is 11.4 Å². The van der Waals surface area contributed by atoms with Gasteiger partial charge in [0.25, 0.3) is 0 Å². The highest BCUT2D eigenvalue weighted by atomic mass is 19.4. The number of halogens is 3. The molecule has 2 N–H and O–H groups in total. The van der Waals surface area contributed by atoms with Crippen LogP contribution in [0.1, 0.15) is 25.3 Å². The normalized spacial score (nSPS) is 11.2. The summed E-state index contributed by atoms with van der Waals surface area (Å²) in [7, 11) is 0. The van der Waals surface area contributed by atoms with E-state index in [-0.39, 0.29) is 5.75 Å². The van der Waals surface area contributed by atoms with E-state index in [2.05, 4.69) is 29.2 Å². The molecule has 0 aliphatic rings. The first kappa shape index (κ1) is 17.7. The van der Waals surface area contributed by atoms with Crippen LogP contribution in [0.5, 0.6) is 5.75 Å². The highest BCUT2D eigenvalue weighted by Gasteiger charge is 2.30. The van der Waals surface area contributed by atoms with Crippen molar-refractivity contribution in [1.82, 2.24) is 0 Å². The summed E-state index contributed by atoms with van der Waals surface area (Å²) in [5.74, 6) is 0.0445. The number of ether oxygens (including phenoxy) is 1. The number of alkyl halides is 3. The molecule has 0 saturated carbocycles. The summed E-state index contributed by atoms with van der Waals surface area (Å²) in [6, 6.07) is 11.8. The van der Waals surface area contributed by atoms with Gasteiger partial charge >= 0.3 is 12.4 Å². The molecule has 2 aromatic rings. The number of rotatable bonds is 4. The number of carbonyl (C=O) groups is 1. The van der Waals surface area contributed by atoms with Crippen LogP contribution in [0.15, 0.2) is 48.5 Å². The largest absolute Gasteiger partial charge is 0.573 e. The zero-order valence-electron chi connectivity index (χ0n) is 13.1. The molecule has 7 heteroatoms. The Morgan fingerprint density at radius 1 is 0.917 bits per heavy atom. The minimum absolute atomic E-state index is 0.348. The number of nitrogens with one attached hydrogen (secondary N) is 2. The Kier molecular flexibility index (Phi) is 5.33. The van der Waals surface area contributed by atoms with Crippen LogP contribution in [0.2, 0.25) is 0 Å². The lowest BCUT2D eigenvalue weighted by atomic mass is 10.0. The third-order valence-corrected chi connectivity index (χ3v) is 3.18. The minimum atomic E-state index is -4.74. The van der Waals surface area contributed by atoms with Gasteiger partial charge < -0.3 is 15.4 Å². The second-order valence-corrected chi connectivity index (χ2v) is 5.43. The smallest absolute Gasteiger partial charge is 0.406 e. The SMILES string of the molecule is CC(C)c1ccc(NC(=O)Nc2ccc(OC(F)(F)F)cc2)cc1. The molecule has 128 valence electrons. The third-order valence-electron chi connectivity index (χ3n) is 3.18. The van der Waals surface area contributed by atoms with Gasteiger partial charge in [0.1, 0.15) is 5.75 Å². The summed E-state index contributed by atoms with van der Waals surface area (Å²) in [5, 5.41) is 5.18. The summed E-state index contributed by atoms with van der Waals surface area (Å²) in [6.07, 6.45) is -4.74. The lowest BCUT2D eigenvalue weighted by Crippen LogP contribution is -2.19. The van der Waals surface area contributed by atoms with Gasteiger partial charge in [-0.3, -0.25) is 0 Å². The highest BCUT2D eigenvalue weighted by molar-refractivity contribution is 5.99. The molecule has 0 bridgehead atoms. The molecule has 0 spiro atoms. The first-order valence-electron chi connectivity index (χ1n) is 7.27. The van der Waals surface area contributed by atoms with E-state index in [4.69, 9.17) is 0 Å². The fourth-order valence-electron chi connectivity index (χ4n) is 1.98. The summed E-state index contributed by atoms with van der Waals surface area (Å²) >= 11 is 0. The number of hydrogen-bond acceptors (Lipinski definition) is 2. The van der Waals surface area contributed by atoms with E-state index in [1.807, 2.05) is 12.1 Å². The summed E-state index contributed by atoms with van der Waals surface area (Å²) < 4.78 is 40.0. The summed E-state index contributed by atoms with van der Waals surface area (Å²) in [5.41, 5.74) is 2.12. The summed E-state index contributed by atoms with van der Waals surface area (Å²) in [4.78, 5) is 11.9. The van der Waals surface area contributed by atoms with Gasteiger partial charge in [-0.1, -0.05) is 26.0 Å². The van der Waals surface area contributed by atoms with Crippen LogP contribution in [-0.2, 0) is 0 Å². The molecule has 0 heterocycles. The van der Waals surface area contributed by atoms with E-state index in [1.165, 1.54) is 12.1 Å². The maximum atomic E-state index is 12.1. The molecule has 0 aromatic heterocycles. The predicted octanol–water partition coefficient (Wildman–Crippen LogP) is 5.35. The average Bonchev–Trinajstić information content (AvgIpc) is 2.48. The van der Waals surface area contributed by atoms with Crippen LogP contribution in [-0.4, -0.2) is 12.4 Å². The van der Waals surface area contributed by atoms with Gasteiger partial charge in [-0.25, -0.2) is 4.79 Å². The van der Waals surface area contributed by atoms with Crippen molar-refractivity contribution in [3.63, 3.8) is 0 Å². The number of benzene rings is 2. The Morgan fingerprint density at radius 2 is 1.38 bits per heavy atom. The first-order chi connectivity index (χ1) is 11.2. The molecule has 0 radical (unpaired) electrons. The van der Waals surface area contributed by atoms with Crippen LogP contribution in [0, 0.1) is 0 Å². The zero-order chi connectivity index (χ0) is 17.7. The molecule has 24 heavy (non-hydrogen) atoms. The molecular formula is C17H17F3N2O2. The number of anilines is 2. The van der Waals surface area contributed by atoms with Gasteiger partial charge in [0.2, 0.25) is 0 Å². The molecule has 0 atom stereocenters. The van der Waals surface area contributed by atoms with Crippen molar-refractivity contribution in [2.45, 2.75) is 26.1 Å². The van der Waals surface area contributed by atoms with Crippen molar-refractivity contribution in [3.05, 3.63) is 54.1 Å². The van der Waals surface area contributed by atoms with Crippen LogP contribution >= 0.6 is 0 Å². The quantitative estimate of drug-likeness (QED) is 0.789. The average molecular weight is 338 g/mol. The van der Waals surface area contributed by atoms with E-state index in [0.29, 0.717) is 17.3 Å². The van der Waals surface area contributed by atoms with Crippen molar-refractivity contribution in [2.75, 3.05) is 10.6 Å². The van der Waals surface area contributed by atoms with E-state index >= 15 is 0 Å². The van der Waals surface area contributed by atoms with Crippen molar-refractivity contribution >= 4 is 17.4 Å². The topological polar surface area (TPSA) is 50.4 Å². The van der Waals surface area contributed by atoms with Gasteiger partial charge in [-0.2, -0.15) is 0 Å². The Morgan fingerprint density at radius 3 is 1.79 bits per heavy atom. The predicted molar refractivity (Wildman–Crippen MR) is 86.3 cm³/mol. The van der Waals surface area contributed by atoms with E-state index in [1.54, 1.807) is 12.1 Å². The number of amides is 2. The fourth-order valence-corrected chi connectivity index (χ4v) is 1.98. The van der Waals surface area contributed by atoms with E-state index < -0.39 is 12.4 Å². The number of urea groups is 1. The second-order valence-electron chi connectivity index (χ2n) is 5.43. The van der Waals surface area contributed by atoms with Gasteiger partial charge in [-0.05, 0) is 47.9 Å². The van der Waals surface area contributed by atoms with Gasteiger partial charge in [-0.15, -0.1) is 13.2 Å². The maximum Gasteiger partial charge on any atom is 0.573 e. The Bertz CT molecular complexity index is 680. The molecule has 2 amide bonds. The molecule has 0 aliphatic carbocycles. The molecule has 0 fully saturated rings. The van der Waals surface area contributed by atoms with Crippen LogP contribution in [0.4, 0.5) is 29.3 Å². The van der Waals surface area contributed by atoms with E-state index in [9.17, 15) is 18.0 Å². The molecule has 2 aromatic carbocycles. The Balaban J connectivity index is 1.92. The minimum Gasteiger partial charge on any atom is -0.406 e. The summed E-state index contributed by atoms with van der Waals surface area (Å²) in [6.45, 7) is 4.14. The standard InChI is InChI=1S/C17H17F3N2O2/c1-11(2)12-3-5-13(6-4-12)21-16(23)22-14-7-9-15(10-8-14)24-17(18,19)20/h3-11H,1-2H3,(H2,21,22,23). The molecule has 0 aliphatic heterocycles. The first-order valence-corrected chi connectivity index (χ1v) is 7.27. The maximum absolute atomic E-state index is 12.1. The lowest BCUT2D eigenvalue weighted by molar-refractivity contribution is -0.274. The molecule has 2 rings (SSSR count). The fraction of sp³-hybridized carbons (Fsp3) is 0.235. The van der Waals surface area contributed by atoms with Crippen molar-refractivity contribution < 1.29 is 22.7 Å². The Labute approximate surface area is 137 Å². The van der Waals surface area contributed by atoms with E-state index in [0.717, 1.165) is 17.7 Å². The molecule has 4 nitrogen and oxygen atoms in total. The number of hydrogen-bond donors (Lipinski definition) is 2. The van der Waals surface area contributed by atoms with Crippen molar-refractivity contribution in [1.29, 1.82) is 0 Å². The van der Waals surface area contributed by atoms with Gasteiger partial charge in [0.05, 0.1) is 0 Å². The number of carbonyl (C=O) groups excluding carboxylic acids is 1. The molecule has 0 saturated heterocycles. The zero-order valence-corrected chi connectivity index (χ0v) is 13.1. The van der Waals surface area contributed by atoms with Crippen LogP contribution in [0.25, 0.3) is 0 Å². The van der Waals surface area contributed by atoms with Crippen LogP contribution in [0.3, 0.4) is 0 Å². The van der Waals surface area contributed by atoms with Crippen molar-refractivity contribution in [3.8, 4) is 5.75 Å². The highest BCUT2D eigenvalue weighted by Crippen LogP contribution is 2.24. The van der Waals surface area contributed by atoms with Gasteiger partial charge in [0.15, 0.2) is 0 Å². The molecular weight excluding hydrogens is 321 g/mol. The second kappa shape index (κ2) is 7.25. The third kappa shape index (κ3) is 5.49. The molecule has 0 unspecified atom stereocenters. The Hall–Kier alpha value is -2.70. The lowest BCUT2D eigenvalue weighted by Gasteiger charge is -2.11. The van der Waals surface area contributed by atoms with Crippen LogP contribution < -0.4 is 15.4 Å².